The summed E-state index contributed by atoms with van der Waals surface area (Å²) >= 11 is 1.55. The maximum atomic E-state index is 13.1. The number of nitrogens with one attached hydrogen (secondary N) is 1. The maximum Gasteiger partial charge on any atom is 0.261 e. The standard InChI is InChI=1S/C25H29N3O2S/c1-17(2)27-25(30)24-21(20-11-3-4-12-22(20)31-24)16-19-10-6-8-14-28(19)23(29)15-18-9-5-7-13-26-18/h3-5,7,9,11-13,17,19H,6,8,10,14-16H2,1-2H3,(H,27,30)/t19-/m1/s1. The second-order valence-electron chi connectivity index (χ2n) is 8.47. The number of benzene rings is 1. The number of hydrogen-bond donors (Lipinski definition) is 1. The first kappa shape index (κ1) is 21.5. The van der Waals surface area contributed by atoms with Crippen LogP contribution in [-0.2, 0) is 17.6 Å². The van der Waals surface area contributed by atoms with Crippen molar-refractivity contribution in [1.29, 1.82) is 0 Å². The van der Waals surface area contributed by atoms with Gasteiger partial charge in [-0.05, 0) is 68.7 Å². The van der Waals surface area contributed by atoms with Gasteiger partial charge >= 0.3 is 0 Å². The van der Waals surface area contributed by atoms with Crippen LogP contribution in [0, 0.1) is 0 Å². The highest BCUT2D eigenvalue weighted by Gasteiger charge is 2.30. The lowest BCUT2D eigenvalue weighted by Crippen LogP contribution is -2.45. The molecule has 3 heterocycles. The number of carbonyl (C=O) groups is 2. The van der Waals surface area contributed by atoms with Gasteiger partial charge in [-0.25, -0.2) is 0 Å². The van der Waals surface area contributed by atoms with Crippen molar-refractivity contribution in [3.05, 3.63) is 64.8 Å². The Bertz CT molecular complexity index is 1060. The lowest BCUT2D eigenvalue weighted by Gasteiger charge is -2.36. The van der Waals surface area contributed by atoms with Gasteiger partial charge in [-0.1, -0.05) is 24.3 Å². The SMILES string of the molecule is CC(C)NC(=O)c1sc2ccccc2c1C[C@H]1CCCCN1C(=O)Cc1ccccn1. The molecule has 162 valence electrons. The minimum Gasteiger partial charge on any atom is -0.349 e. The van der Waals surface area contributed by atoms with E-state index in [-0.39, 0.29) is 23.9 Å². The molecule has 1 fully saturated rings. The van der Waals surface area contributed by atoms with Crippen molar-refractivity contribution in [2.24, 2.45) is 0 Å². The van der Waals surface area contributed by atoms with E-state index in [1.54, 1.807) is 17.5 Å². The summed E-state index contributed by atoms with van der Waals surface area (Å²) in [6.45, 7) is 4.72. The number of thiophene rings is 1. The molecule has 0 radical (unpaired) electrons. The van der Waals surface area contributed by atoms with Gasteiger partial charge in [0.15, 0.2) is 0 Å². The first-order valence-electron chi connectivity index (χ1n) is 11.0. The van der Waals surface area contributed by atoms with Crippen LogP contribution in [0.3, 0.4) is 0 Å². The second-order valence-corrected chi connectivity index (χ2v) is 9.52. The van der Waals surface area contributed by atoms with Gasteiger partial charge in [-0.2, -0.15) is 0 Å². The quantitative estimate of drug-likeness (QED) is 0.615. The van der Waals surface area contributed by atoms with Crippen molar-refractivity contribution in [3.8, 4) is 0 Å². The molecule has 1 aliphatic heterocycles. The molecule has 4 rings (SSSR count). The van der Waals surface area contributed by atoms with Gasteiger partial charge in [0, 0.05) is 35.2 Å². The van der Waals surface area contributed by atoms with Gasteiger partial charge in [0.2, 0.25) is 5.91 Å². The molecule has 6 heteroatoms. The molecule has 3 aromatic rings. The third-order valence-corrected chi connectivity index (χ3v) is 6.98. The van der Waals surface area contributed by atoms with Gasteiger partial charge in [-0.3, -0.25) is 14.6 Å². The molecule has 31 heavy (non-hydrogen) atoms. The monoisotopic (exact) mass is 435 g/mol. The molecule has 0 unspecified atom stereocenters. The molecule has 1 N–H and O–H groups in total. The van der Waals surface area contributed by atoms with E-state index < -0.39 is 0 Å². The van der Waals surface area contributed by atoms with E-state index in [4.69, 9.17) is 0 Å². The fraction of sp³-hybridized carbons (Fsp3) is 0.400. The molecule has 0 aliphatic carbocycles. The molecule has 1 aromatic carbocycles. The topological polar surface area (TPSA) is 62.3 Å². The lowest BCUT2D eigenvalue weighted by atomic mass is 9.93. The zero-order valence-electron chi connectivity index (χ0n) is 18.1. The Labute approximate surface area is 187 Å². The Hall–Kier alpha value is -2.73. The smallest absolute Gasteiger partial charge is 0.261 e. The predicted octanol–water partition coefficient (Wildman–Crippen LogP) is 4.60. The molecule has 0 spiro atoms. The highest BCUT2D eigenvalue weighted by molar-refractivity contribution is 7.21. The number of nitrogens with zero attached hydrogens (tertiary/aromatic N) is 2. The van der Waals surface area contributed by atoms with Gasteiger partial charge in [0.05, 0.1) is 11.3 Å². The van der Waals surface area contributed by atoms with Crippen LogP contribution in [0.15, 0.2) is 48.7 Å². The summed E-state index contributed by atoms with van der Waals surface area (Å²) in [5, 5.41) is 4.18. The van der Waals surface area contributed by atoms with Crippen LogP contribution in [0.25, 0.3) is 10.1 Å². The number of fused-ring (bicyclic) bond motifs is 1. The van der Waals surface area contributed by atoms with Crippen LogP contribution in [0.1, 0.15) is 54.0 Å². The van der Waals surface area contributed by atoms with E-state index in [1.807, 2.05) is 49.1 Å². The summed E-state index contributed by atoms with van der Waals surface area (Å²) < 4.78 is 1.12. The molecule has 1 atom stereocenters. The largest absolute Gasteiger partial charge is 0.349 e. The van der Waals surface area contributed by atoms with E-state index in [2.05, 4.69) is 22.4 Å². The number of hydrogen-bond acceptors (Lipinski definition) is 4. The van der Waals surface area contributed by atoms with E-state index in [0.717, 1.165) is 52.0 Å². The van der Waals surface area contributed by atoms with Crippen molar-refractivity contribution < 1.29 is 9.59 Å². The third kappa shape index (κ3) is 4.96. The van der Waals surface area contributed by atoms with Gasteiger partial charge in [0.25, 0.3) is 5.91 Å². The highest BCUT2D eigenvalue weighted by atomic mass is 32.1. The summed E-state index contributed by atoms with van der Waals surface area (Å²) in [5.74, 6) is 0.101. The molecule has 2 amide bonds. The van der Waals surface area contributed by atoms with Crippen molar-refractivity contribution >= 4 is 33.2 Å². The number of pyridine rings is 1. The van der Waals surface area contributed by atoms with Crippen molar-refractivity contribution in [2.45, 2.75) is 58.0 Å². The summed E-state index contributed by atoms with van der Waals surface area (Å²) in [4.78, 5) is 33.2. The highest BCUT2D eigenvalue weighted by Crippen LogP contribution is 2.34. The number of aromatic nitrogens is 1. The van der Waals surface area contributed by atoms with E-state index in [1.165, 1.54) is 0 Å². The number of carbonyl (C=O) groups excluding carboxylic acids is 2. The molecule has 1 aliphatic rings. The van der Waals surface area contributed by atoms with Crippen LogP contribution < -0.4 is 5.32 Å². The average Bonchev–Trinajstić information content (AvgIpc) is 3.13. The Morgan fingerprint density at radius 3 is 2.74 bits per heavy atom. The van der Waals surface area contributed by atoms with Crippen molar-refractivity contribution in [2.75, 3.05) is 6.54 Å². The Morgan fingerprint density at radius 1 is 1.16 bits per heavy atom. The molecular formula is C25H29N3O2S. The maximum absolute atomic E-state index is 13.1. The zero-order chi connectivity index (χ0) is 21.8. The first-order valence-corrected chi connectivity index (χ1v) is 11.8. The fourth-order valence-electron chi connectivity index (χ4n) is 4.35. The van der Waals surface area contributed by atoms with Crippen LogP contribution in [0.4, 0.5) is 0 Å². The first-order chi connectivity index (χ1) is 15.0. The summed E-state index contributed by atoms with van der Waals surface area (Å²) in [6, 6.07) is 14.1. The van der Waals surface area contributed by atoms with Gasteiger partial charge in [-0.15, -0.1) is 11.3 Å². The fourth-order valence-corrected chi connectivity index (χ4v) is 5.48. The lowest BCUT2D eigenvalue weighted by molar-refractivity contribution is -0.134. The summed E-state index contributed by atoms with van der Waals surface area (Å²) in [7, 11) is 0. The van der Waals surface area contributed by atoms with Crippen LogP contribution in [0.2, 0.25) is 0 Å². The minimum absolute atomic E-state index is 0.0200. The summed E-state index contributed by atoms with van der Waals surface area (Å²) in [5.41, 5.74) is 1.87. The van der Waals surface area contributed by atoms with Crippen molar-refractivity contribution in [1.82, 2.24) is 15.2 Å². The number of amides is 2. The van der Waals surface area contributed by atoms with Crippen LogP contribution >= 0.6 is 11.3 Å². The zero-order valence-corrected chi connectivity index (χ0v) is 19.0. The Morgan fingerprint density at radius 2 is 1.97 bits per heavy atom. The number of likely N-dealkylation sites (tertiary alicyclic amines) is 1. The molecular weight excluding hydrogens is 406 g/mol. The van der Waals surface area contributed by atoms with Crippen LogP contribution in [0.5, 0.6) is 0 Å². The Kier molecular flexibility index (Phi) is 6.66. The van der Waals surface area contributed by atoms with E-state index >= 15 is 0 Å². The number of rotatable bonds is 6. The van der Waals surface area contributed by atoms with E-state index in [9.17, 15) is 9.59 Å². The minimum atomic E-state index is -0.0200. The predicted molar refractivity (Wildman–Crippen MR) is 125 cm³/mol. The van der Waals surface area contributed by atoms with Gasteiger partial charge < -0.3 is 10.2 Å². The normalized spacial score (nSPS) is 16.6. The molecule has 1 saturated heterocycles. The molecule has 0 saturated carbocycles. The second kappa shape index (κ2) is 9.60. The third-order valence-electron chi connectivity index (χ3n) is 5.77. The Balaban J connectivity index is 1.61. The van der Waals surface area contributed by atoms with E-state index in [0.29, 0.717) is 12.8 Å². The van der Waals surface area contributed by atoms with Crippen molar-refractivity contribution in [3.63, 3.8) is 0 Å². The molecule has 5 nitrogen and oxygen atoms in total. The van der Waals surface area contributed by atoms with Crippen LogP contribution in [-0.4, -0.2) is 40.3 Å². The summed E-state index contributed by atoms with van der Waals surface area (Å²) in [6.07, 6.45) is 5.85. The number of piperidine rings is 1. The average molecular weight is 436 g/mol. The molecule has 2 aromatic heterocycles. The van der Waals surface area contributed by atoms with Gasteiger partial charge in [0.1, 0.15) is 0 Å². The molecule has 0 bridgehead atoms.